The quantitative estimate of drug-likeness (QED) is 0.468. The molecular formula is C23H27Cl3N2O2S. The number of rotatable bonds is 8. The molecule has 0 aliphatic rings. The van der Waals surface area contributed by atoms with E-state index in [2.05, 4.69) is 5.32 Å². The van der Waals surface area contributed by atoms with E-state index in [0.29, 0.717) is 20.8 Å². The van der Waals surface area contributed by atoms with Crippen LogP contribution in [-0.2, 0) is 21.9 Å². The molecular weight excluding hydrogens is 475 g/mol. The average molecular weight is 502 g/mol. The third-order valence-corrected chi connectivity index (χ3v) is 6.52. The predicted octanol–water partition coefficient (Wildman–Crippen LogP) is 6.21. The van der Waals surface area contributed by atoms with Crippen LogP contribution in [0.2, 0.25) is 15.1 Å². The number of benzene rings is 2. The highest BCUT2D eigenvalue weighted by Crippen LogP contribution is 2.25. The highest BCUT2D eigenvalue weighted by atomic mass is 35.5. The number of carbonyl (C=O) groups excluding carboxylic acids is 2. The summed E-state index contributed by atoms with van der Waals surface area (Å²) in [6.07, 6.45) is 0. The molecule has 2 aromatic carbocycles. The molecule has 0 aliphatic heterocycles. The third-order valence-electron chi connectivity index (χ3n) is 4.44. The van der Waals surface area contributed by atoms with Crippen LogP contribution >= 0.6 is 46.6 Å². The Labute approximate surface area is 203 Å². The minimum atomic E-state index is -0.651. The van der Waals surface area contributed by atoms with Crippen molar-refractivity contribution in [2.75, 3.05) is 5.75 Å². The van der Waals surface area contributed by atoms with Crippen LogP contribution in [0.25, 0.3) is 0 Å². The first kappa shape index (κ1) is 25.9. The van der Waals surface area contributed by atoms with Gasteiger partial charge in [-0.05, 0) is 57.0 Å². The number of nitrogens with zero attached hydrogens (tertiary/aromatic N) is 1. The summed E-state index contributed by atoms with van der Waals surface area (Å²) in [5.41, 5.74) is 1.37. The van der Waals surface area contributed by atoms with E-state index in [0.717, 1.165) is 11.1 Å². The zero-order valence-corrected chi connectivity index (χ0v) is 21.1. The second-order valence-corrected chi connectivity index (χ2v) is 10.5. The maximum absolute atomic E-state index is 13.1. The van der Waals surface area contributed by atoms with Gasteiger partial charge in [-0.25, -0.2) is 0 Å². The van der Waals surface area contributed by atoms with Crippen molar-refractivity contribution in [3.8, 4) is 0 Å². The number of amides is 2. The molecule has 0 saturated carbocycles. The number of hydrogen-bond donors (Lipinski definition) is 1. The van der Waals surface area contributed by atoms with Crippen molar-refractivity contribution in [2.45, 2.75) is 51.6 Å². The van der Waals surface area contributed by atoms with E-state index in [1.165, 1.54) is 11.8 Å². The van der Waals surface area contributed by atoms with Crippen LogP contribution < -0.4 is 5.32 Å². The molecule has 31 heavy (non-hydrogen) atoms. The van der Waals surface area contributed by atoms with Crippen LogP contribution in [0.3, 0.4) is 0 Å². The number of carbonyl (C=O) groups is 2. The van der Waals surface area contributed by atoms with Gasteiger partial charge in [-0.1, -0.05) is 59.1 Å². The summed E-state index contributed by atoms with van der Waals surface area (Å²) in [5.74, 6) is 0.477. The lowest BCUT2D eigenvalue weighted by Gasteiger charge is -2.31. The van der Waals surface area contributed by atoms with E-state index in [1.807, 2.05) is 45.0 Å². The van der Waals surface area contributed by atoms with Gasteiger partial charge in [-0.15, -0.1) is 11.8 Å². The Kier molecular flexibility index (Phi) is 9.56. The minimum Gasteiger partial charge on any atom is -0.350 e. The maximum atomic E-state index is 13.1. The first-order valence-electron chi connectivity index (χ1n) is 9.84. The molecule has 0 unspecified atom stereocenters. The zero-order chi connectivity index (χ0) is 23.2. The van der Waals surface area contributed by atoms with E-state index >= 15 is 0 Å². The van der Waals surface area contributed by atoms with Crippen molar-refractivity contribution in [2.24, 2.45) is 0 Å². The number of thioether (sulfide) groups is 1. The fourth-order valence-electron chi connectivity index (χ4n) is 2.84. The summed E-state index contributed by atoms with van der Waals surface area (Å²) in [4.78, 5) is 27.5. The lowest BCUT2D eigenvalue weighted by Crippen LogP contribution is -2.52. The van der Waals surface area contributed by atoms with E-state index in [-0.39, 0.29) is 24.1 Å². The van der Waals surface area contributed by atoms with Gasteiger partial charge in [0.05, 0.1) is 15.8 Å². The van der Waals surface area contributed by atoms with Crippen LogP contribution in [0.15, 0.2) is 42.5 Å². The maximum Gasteiger partial charge on any atom is 0.242 e. The highest BCUT2D eigenvalue weighted by molar-refractivity contribution is 7.99. The lowest BCUT2D eigenvalue weighted by molar-refractivity contribution is -0.139. The molecule has 0 bridgehead atoms. The lowest BCUT2D eigenvalue weighted by atomic mass is 10.1. The topological polar surface area (TPSA) is 49.4 Å². The van der Waals surface area contributed by atoms with E-state index in [1.54, 1.807) is 30.0 Å². The van der Waals surface area contributed by atoms with Gasteiger partial charge >= 0.3 is 0 Å². The number of hydrogen-bond acceptors (Lipinski definition) is 3. The molecule has 0 saturated heterocycles. The molecule has 8 heteroatoms. The van der Waals surface area contributed by atoms with Crippen molar-refractivity contribution >= 4 is 58.4 Å². The van der Waals surface area contributed by atoms with Crippen molar-refractivity contribution in [3.63, 3.8) is 0 Å². The molecule has 0 spiro atoms. The van der Waals surface area contributed by atoms with Gasteiger partial charge < -0.3 is 10.2 Å². The Morgan fingerprint density at radius 3 is 2.32 bits per heavy atom. The van der Waals surface area contributed by atoms with Crippen molar-refractivity contribution < 1.29 is 9.59 Å². The average Bonchev–Trinajstić information content (AvgIpc) is 2.68. The molecule has 2 aromatic rings. The van der Waals surface area contributed by atoms with Gasteiger partial charge in [0.1, 0.15) is 6.04 Å². The molecule has 4 nitrogen and oxygen atoms in total. The first-order valence-corrected chi connectivity index (χ1v) is 12.1. The van der Waals surface area contributed by atoms with Crippen LogP contribution in [0, 0.1) is 0 Å². The molecule has 2 amide bonds. The van der Waals surface area contributed by atoms with E-state index in [4.69, 9.17) is 34.8 Å². The number of nitrogens with one attached hydrogen (secondary N) is 1. The first-order chi connectivity index (χ1) is 14.5. The van der Waals surface area contributed by atoms with Crippen LogP contribution in [0.5, 0.6) is 0 Å². The molecule has 1 N–H and O–H groups in total. The van der Waals surface area contributed by atoms with Crippen molar-refractivity contribution in [1.29, 1.82) is 0 Å². The SMILES string of the molecule is C[C@H](C(=O)NC(C)(C)C)N(Cc1ccc(Cl)c(Cl)c1)C(=O)CSCc1ccccc1Cl. The van der Waals surface area contributed by atoms with Crippen LogP contribution in [0.4, 0.5) is 0 Å². The smallest absolute Gasteiger partial charge is 0.242 e. The second-order valence-electron chi connectivity index (χ2n) is 8.27. The Morgan fingerprint density at radius 1 is 1.03 bits per heavy atom. The molecule has 0 aliphatic carbocycles. The highest BCUT2D eigenvalue weighted by Gasteiger charge is 2.28. The van der Waals surface area contributed by atoms with E-state index in [9.17, 15) is 9.59 Å². The summed E-state index contributed by atoms with van der Waals surface area (Å²) in [5, 5.41) is 4.47. The van der Waals surface area contributed by atoms with Gasteiger partial charge in [0.2, 0.25) is 11.8 Å². The Hall–Kier alpha value is -1.40. The minimum absolute atomic E-state index is 0.139. The normalized spacial score (nSPS) is 12.4. The van der Waals surface area contributed by atoms with Crippen LogP contribution in [0.1, 0.15) is 38.8 Å². The molecule has 0 aromatic heterocycles. The molecule has 2 rings (SSSR count). The molecule has 0 heterocycles. The predicted molar refractivity (Wildman–Crippen MR) is 132 cm³/mol. The molecule has 0 radical (unpaired) electrons. The van der Waals surface area contributed by atoms with Crippen molar-refractivity contribution in [3.05, 3.63) is 68.7 Å². The summed E-state index contributed by atoms with van der Waals surface area (Å²) in [6.45, 7) is 7.70. The third kappa shape index (κ3) is 8.23. The Morgan fingerprint density at radius 2 is 1.71 bits per heavy atom. The standard InChI is InChI=1S/C23H27Cl3N2O2S/c1-15(22(30)27-23(2,3)4)28(12-16-9-10-19(25)20(26)11-16)21(29)14-31-13-17-7-5-6-8-18(17)24/h5-11,15H,12-14H2,1-4H3,(H,27,30)/t15-/m1/s1. The van der Waals surface area contributed by atoms with Crippen molar-refractivity contribution in [1.82, 2.24) is 10.2 Å². The molecule has 1 atom stereocenters. The fourth-order valence-corrected chi connectivity index (χ4v) is 4.35. The summed E-state index contributed by atoms with van der Waals surface area (Å²) < 4.78 is 0. The fraction of sp³-hybridized carbons (Fsp3) is 0.391. The number of halogens is 3. The summed E-state index contributed by atoms with van der Waals surface area (Å²) in [7, 11) is 0. The summed E-state index contributed by atoms with van der Waals surface area (Å²) in [6, 6.07) is 12.1. The van der Waals surface area contributed by atoms with Crippen LogP contribution in [-0.4, -0.2) is 34.0 Å². The Bertz CT molecular complexity index is 931. The molecule has 168 valence electrons. The van der Waals surface area contributed by atoms with Gasteiger partial charge in [0.15, 0.2) is 0 Å². The van der Waals surface area contributed by atoms with Gasteiger partial charge in [-0.3, -0.25) is 9.59 Å². The monoisotopic (exact) mass is 500 g/mol. The van der Waals surface area contributed by atoms with E-state index < -0.39 is 11.6 Å². The van der Waals surface area contributed by atoms with Gasteiger partial charge in [-0.2, -0.15) is 0 Å². The second kappa shape index (κ2) is 11.5. The largest absolute Gasteiger partial charge is 0.350 e. The van der Waals surface area contributed by atoms with Gasteiger partial charge in [0.25, 0.3) is 0 Å². The zero-order valence-electron chi connectivity index (χ0n) is 18.0. The van der Waals surface area contributed by atoms with Gasteiger partial charge in [0, 0.05) is 22.9 Å². The Balaban J connectivity index is 2.14. The summed E-state index contributed by atoms with van der Waals surface area (Å²) >= 11 is 19.8. The molecule has 0 fully saturated rings.